The number of nitrogens with one attached hydrogen (secondary N) is 1. The minimum atomic E-state index is -3.37. The molecule has 0 unspecified atom stereocenters. The van der Waals surface area contributed by atoms with E-state index >= 15 is 0 Å². The number of unbranched alkanes of at least 4 members (excludes halogenated alkanes) is 16. The number of amides is 1. The highest BCUT2D eigenvalue weighted by Gasteiger charge is 2.74. The molecule has 55 heavy (non-hydrogen) atoms. The molecule has 1 amide bonds. The Kier molecular flexibility index (Phi) is 23.5. The third-order valence-corrected chi connectivity index (χ3v) is 11.5. The van der Waals surface area contributed by atoms with Gasteiger partial charge in [0, 0.05) is 6.42 Å². The molecule has 0 aromatic rings. The van der Waals surface area contributed by atoms with Crippen LogP contribution >= 0.6 is 0 Å². The fourth-order valence-corrected chi connectivity index (χ4v) is 8.07. The lowest BCUT2D eigenvalue weighted by Crippen LogP contribution is -2.86. The summed E-state index contributed by atoms with van der Waals surface area (Å²) in [5.74, 6) is -2.24. The first-order valence-corrected chi connectivity index (χ1v) is 21.1. The molecule has 0 aromatic carbocycles. The van der Waals surface area contributed by atoms with E-state index in [0.717, 1.165) is 64.2 Å². The first kappa shape index (κ1) is 49.8. The zero-order chi connectivity index (χ0) is 41.0. The van der Waals surface area contributed by atoms with Crippen LogP contribution in [0.3, 0.4) is 0 Å². The lowest BCUT2D eigenvalue weighted by Gasteiger charge is -2.59. The van der Waals surface area contributed by atoms with Gasteiger partial charge in [0.1, 0.15) is 42.7 Å². The number of carbonyl (C=O) groups excluding carboxylic acids is 2. The minimum absolute atomic E-state index is 0.140. The fraction of sp³-hybridized carbons (Fsp3) is 0.950. The summed E-state index contributed by atoms with van der Waals surface area (Å²) in [6.45, 7) is 2.20. The molecule has 15 heteroatoms. The van der Waals surface area contributed by atoms with Crippen LogP contribution in [0.1, 0.15) is 155 Å². The predicted molar refractivity (Wildman–Crippen MR) is 204 cm³/mol. The monoisotopic (exact) mass is 794 g/mol. The number of rotatable bonds is 29. The highest BCUT2D eigenvalue weighted by Crippen LogP contribution is 2.46. The molecule has 324 valence electrons. The fourth-order valence-electron chi connectivity index (χ4n) is 8.07. The highest BCUT2D eigenvalue weighted by atomic mass is 16.6. The molecular weight excluding hydrogens is 718 g/mol. The summed E-state index contributed by atoms with van der Waals surface area (Å²) in [7, 11) is 0. The molecule has 15 nitrogen and oxygen atoms in total. The number of Topliss-reactive ketones (excluding diaryl/α,β-unsaturated/α-hetero) is 1. The number of hydrogen-bond donors (Lipinski definition) is 11. The van der Waals surface area contributed by atoms with Crippen LogP contribution in [0, 0.1) is 0 Å². The quantitative estimate of drug-likeness (QED) is 0.0479. The van der Waals surface area contributed by atoms with Crippen molar-refractivity contribution in [3.8, 4) is 0 Å². The number of aliphatic hydroxyl groups is 10. The van der Waals surface area contributed by atoms with Gasteiger partial charge >= 0.3 is 0 Å². The van der Waals surface area contributed by atoms with Gasteiger partial charge in [0.2, 0.25) is 5.91 Å². The maximum absolute atomic E-state index is 14.3. The third-order valence-electron chi connectivity index (χ3n) is 11.5. The second-order valence-corrected chi connectivity index (χ2v) is 16.0. The molecule has 2 saturated heterocycles. The van der Waals surface area contributed by atoms with Crippen molar-refractivity contribution >= 4 is 11.7 Å². The van der Waals surface area contributed by atoms with E-state index in [1.165, 1.54) is 38.5 Å². The molecule has 0 saturated carbocycles. The van der Waals surface area contributed by atoms with Gasteiger partial charge in [-0.15, -0.1) is 0 Å². The van der Waals surface area contributed by atoms with Gasteiger partial charge in [0.15, 0.2) is 23.3 Å². The van der Waals surface area contributed by atoms with Crippen LogP contribution in [0.4, 0.5) is 0 Å². The normalized spacial score (nSPS) is 32.3. The van der Waals surface area contributed by atoms with Crippen LogP contribution in [-0.4, -0.2) is 148 Å². The van der Waals surface area contributed by atoms with Gasteiger partial charge in [0.25, 0.3) is 0 Å². The smallest absolute Gasteiger partial charge is 0.223 e. The standard InChI is InChI=1S/C40H75NO14/c1-3-5-7-9-11-13-15-17-19-21-27(44)23-30(46)39(52)36(41-32(47)24-28(45)22-20-18-16-14-12-10-8-6-4-2)38(51)55-31(26-43)40(39,53)37-35(50)34(49)33(48)29(25-42)54-37/h27-29,31,33-38,42-45,48-53H,3-26H2,1-2H3,(H,41,47)/t27-,28-,29-,31-,33-,34+,35+,36-,37-,38+,39-,40+/m1/s1. The van der Waals surface area contributed by atoms with E-state index in [4.69, 9.17) is 9.47 Å². The van der Waals surface area contributed by atoms with Gasteiger partial charge in [-0.2, -0.15) is 0 Å². The summed E-state index contributed by atoms with van der Waals surface area (Å²) in [5, 5.41) is 112. The molecule has 0 spiro atoms. The van der Waals surface area contributed by atoms with Gasteiger partial charge in [-0.25, -0.2) is 0 Å². The second-order valence-electron chi connectivity index (χ2n) is 16.0. The van der Waals surface area contributed by atoms with E-state index in [1.54, 1.807) is 0 Å². The van der Waals surface area contributed by atoms with Crippen molar-refractivity contribution in [2.75, 3.05) is 13.2 Å². The summed E-state index contributed by atoms with van der Waals surface area (Å²) in [6, 6.07) is -2.20. The lowest BCUT2D eigenvalue weighted by molar-refractivity contribution is -0.369. The van der Waals surface area contributed by atoms with Crippen molar-refractivity contribution in [3.05, 3.63) is 0 Å². The summed E-state index contributed by atoms with van der Waals surface area (Å²) in [4.78, 5) is 27.6. The summed E-state index contributed by atoms with van der Waals surface area (Å²) < 4.78 is 11.0. The molecule has 2 heterocycles. The molecule has 2 aliphatic rings. The van der Waals surface area contributed by atoms with E-state index in [1.807, 2.05) is 0 Å². The largest absolute Gasteiger partial charge is 0.394 e. The van der Waals surface area contributed by atoms with Crippen LogP contribution in [0.2, 0.25) is 0 Å². The van der Waals surface area contributed by atoms with Gasteiger partial charge in [-0.1, -0.05) is 129 Å². The lowest BCUT2D eigenvalue weighted by atomic mass is 9.63. The van der Waals surface area contributed by atoms with Crippen molar-refractivity contribution in [3.63, 3.8) is 0 Å². The third kappa shape index (κ3) is 14.2. The minimum Gasteiger partial charge on any atom is -0.394 e. The van der Waals surface area contributed by atoms with Gasteiger partial charge in [-0.3, -0.25) is 9.59 Å². The van der Waals surface area contributed by atoms with Crippen LogP contribution in [0.15, 0.2) is 0 Å². The number of ketones is 1. The molecule has 2 rings (SSSR count). The molecule has 0 aliphatic carbocycles. The Balaban J connectivity index is 2.25. The maximum Gasteiger partial charge on any atom is 0.223 e. The van der Waals surface area contributed by atoms with Gasteiger partial charge in [-0.05, 0) is 12.8 Å². The molecule has 2 aliphatic heterocycles. The van der Waals surface area contributed by atoms with Crippen LogP contribution < -0.4 is 5.32 Å². The van der Waals surface area contributed by atoms with Gasteiger partial charge < -0.3 is 65.9 Å². The van der Waals surface area contributed by atoms with Crippen molar-refractivity contribution in [2.24, 2.45) is 0 Å². The Labute approximate surface area is 327 Å². The number of ether oxygens (including phenoxy) is 2. The van der Waals surface area contributed by atoms with Crippen LogP contribution in [-0.2, 0) is 19.1 Å². The van der Waals surface area contributed by atoms with Crippen molar-refractivity contribution in [1.29, 1.82) is 0 Å². The van der Waals surface area contributed by atoms with E-state index in [2.05, 4.69) is 19.2 Å². The molecule has 11 N–H and O–H groups in total. The first-order chi connectivity index (χ1) is 26.2. The van der Waals surface area contributed by atoms with Crippen LogP contribution in [0.5, 0.6) is 0 Å². The second kappa shape index (κ2) is 25.9. The van der Waals surface area contributed by atoms with E-state index in [0.29, 0.717) is 12.8 Å². The number of aliphatic hydroxyl groups excluding tert-OH is 8. The summed E-state index contributed by atoms with van der Waals surface area (Å²) >= 11 is 0. The number of hydrogen-bond acceptors (Lipinski definition) is 14. The Morgan fingerprint density at radius 2 is 1.07 bits per heavy atom. The van der Waals surface area contributed by atoms with Crippen molar-refractivity contribution in [2.45, 2.75) is 227 Å². The molecular formula is C40H75NO14. The molecule has 0 aromatic heterocycles. The number of carbonyl (C=O) groups is 2. The van der Waals surface area contributed by atoms with Gasteiger partial charge in [0.05, 0.1) is 31.8 Å². The van der Waals surface area contributed by atoms with E-state index < -0.39 is 110 Å². The SMILES string of the molecule is CCCCCCCCCCC[C@@H](O)CC(=O)N[C@@H]1[C@@H](O)O[C@H](CO)[C@](O)([C@@H]2O[C@H](CO)[C@@H](O)[C@H](O)[C@@H]2O)[C@@]1(O)C(=O)C[C@H](O)CCCCCCCCCCC. The average Bonchev–Trinajstić information content (AvgIpc) is 3.15. The van der Waals surface area contributed by atoms with Crippen molar-refractivity contribution < 1.29 is 70.1 Å². The molecule has 0 bridgehead atoms. The van der Waals surface area contributed by atoms with Crippen LogP contribution in [0.25, 0.3) is 0 Å². The van der Waals surface area contributed by atoms with E-state index in [-0.39, 0.29) is 12.8 Å². The summed E-state index contributed by atoms with van der Waals surface area (Å²) in [5.41, 5.74) is -6.64. The van der Waals surface area contributed by atoms with Crippen molar-refractivity contribution in [1.82, 2.24) is 5.32 Å². The Morgan fingerprint density at radius 3 is 1.53 bits per heavy atom. The highest BCUT2D eigenvalue weighted by molar-refractivity contribution is 5.91. The Morgan fingerprint density at radius 1 is 0.618 bits per heavy atom. The molecule has 0 radical (unpaired) electrons. The average molecular weight is 794 g/mol. The topological polar surface area (TPSA) is 267 Å². The van der Waals surface area contributed by atoms with E-state index in [9.17, 15) is 60.7 Å². The predicted octanol–water partition coefficient (Wildman–Crippen LogP) is 1.40. The summed E-state index contributed by atoms with van der Waals surface area (Å²) in [6.07, 6.45) is 0.756. The zero-order valence-corrected chi connectivity index (χ0v) is 33.3. The Hall–Kier alpha value is -1.34. The Bertz CT molecular complexity index is 1070. The molecule has 12 atom stereocenters. The maximum atomic E-state index is 14.3. The molecule has 2 fully saturated rings. The zero-order valence-electron chi connectivity index (χ0n) is 33.3. The first-order valence-electron chi connectivity index (χ1n) is 21.1.